The third-order valence-corrected chi connectivity index (χ3v) is 5.45. The lowest BCUT2D eigenvalue weighted by Gasteiger charge is -2.12. The summed E-state index contributed by atoms with van der Waals surface area (Å²) in [5.74, 6) is 1.34. The van der Waals surface area contributed by atoms with Gasteiger partial charge in [-0.05, 0) is 46.9 Å². The van der Waals surface area contributed by atoms with Gasteiger partial charge in [0, 0.05) is 23.5 Å². The molecule has 5 aromatic rings. The van der Waals surface area contributed by atoms with E-state index in [9.17, 15) is 0 Å². The van der Waals surface area contributed by atoms with Gasteiger partial charge in [0.15, 0.2) is 0 Å². The molecule has 0 saturated carbocycles. The Morgan fingerprint density at radius 1 is 0.939 bits per heavy atom. The second kappa shape index (κ2) is 9.75. The van der Waals surface area contributed by atoms with Crippen LogP contribution >= 0.6 is 12.4 Å². The molecule has 0 fully saturated rings. The molecule has 3 heterocycles. The standard InChI is InChI=1S/C25H22N6O.ClH/c1-3-19-14-22(24-23(27-19)16(2)12-13-26-24)32-15-17-8-10-18(11-9-17)20-6-4-5-7-21(20)25-28-30-31-29-25;/h4-14H,3,15H2,1-2H3,(H,28,29,30,31);1H. The van der Waals surface area contributed by atoms with Gasteiger partial charge in [-0.1, -0.05) is 55.5 Å². The molecule has 1 N–H and O–H groups in total. The highest BCUT2D eigenvalue weighted by molar-refractivity contribution is 5.85. The molecule has 2 aromatic carbocycles. The fourth-order valence-electron chi connectivity index (χ4n) is 3.71. The first-order chi connectivity index (χ1) is 15.7. The number of aryl methyl sites for hydroxylation is 2. The topological polar surface area (TPSA) is 89.5 Å². The maximum Gasteiger partial charge on any atom is 0.205 e. The summed E-state index contributed by atoms with van der Waals surface area (Å²) in [6.07, 6.45) is 2.64. The molecule has 0 spiro atoms. The lowest BCUT2D eigenvalue weighted by molar-refractivity contribution is 0.309. The maximum atomic E-state index is 6.20. The van der Waals surface area contributed by atoms with Gasteiger partial charge in [-0.15, -0.1) is 22.6 Å². The average Bonchev–Trinajstić information content (AvgIpc) is 3.38. The predicted molar refractivity (Wildman–Crippen MR) is 130 cm³/mol. The van der Waals surface area contributed by atoms with E-state index in [4.69, 9.17) is 9.72 Å². The van der Waals surface area contributed by atoms with Crippen LogP contribution in [0.2, 0.25) is 0 Å². The highest BCUT2D eigenvalue weighted by Gasteiger charge is 2.12. The molecule has 0 aliphatic carbocycles. The number of aromatic nitrogens is 6. The van der Waals surface area contributed by atoms with Crippen molar-refractivity contribution in [2.24, 2.45) is 0 Å². The molecule has 0 atom stereocenters. The van der Waals surface area contributed by atoms with Gasteiger partial charge in [-0.3, -0.25) is 9.97 Å². The van der Waals surface area contributed by atoms with Crippen molar-refractivity contribution in [3.8, 4) is 28.3 Å². The summed E-state index contributed by atoms with van der Waals surface area (Å²) >= 11 is 0. The Labute approximate surface area is 197 Å². The molecule has 0 unspecified atom stereocenters. The zero-order chi connectivity index (χ0) is 21.9. The van der Waals surface area contributed by atoms with Crippen LogP contribution in [0.3, 0.4) is 0 Å². The molecule has 0 saturated heterocycles. The van der Waals surface area contributed by atoms with Crippen molar-refractivity contribution in [2.45, 2.75) is 26.9 Å². The summed E-state index contributed by atoms with van der Waals surface area (Å²) in [7, 11) is 0. The van der Waals surface area contributed by atoms with Crippen LogP contribution in [0, 0.1) is 6.92 Å². The highest BCUT2D eigenvalue weighted by Crippen LogP contribution is 2.30. The van der Waals surface area contributed by atoms with Crippen LogP contribution in [-0.2, 0) is 13.0 Å². The van der Waals surface area contributed by atoms with Gasteiger partial charge >= 0.3 is 0 Å². The molecule has 7 nitrogen and oxygen atoms in total. The zero-order valence-corrected chi connectivity index (χ0v) is 19.1. The highest BCUT2D eigenvalue weighted by atomic mass is 35.5. The smallest absolute Gasteiger partial charge is 0.205 e. The molecule has 0 aliphatic rings. The van der Waals surface area contributed by atoms with E-state index in [0.717, 1.165) is 56.7 Å². The Morgan fingerprint density at radius 3 is 2.45 bits per heavy atom. The lowest BCUT2D eigenvalue weighted by Crippen LogP contribution is -2.00. The van der Waals surface area contributed by atoms with E-state index < -0.39 is 0 Å². The second-order valence-electron chi connectivity index (χ2n) is 7.56. The Bertz CT molecular complexity index is 1370. The van der Waals surface area contributed by atoms with Gasteiger partial charge in [0.05, 0.1) is 5.52 Å². The number of nitrogens with one attached hydrogen (secondary N) is 1. The van der Waals surface area contributed by atoms with Crippen molar-refractivity contribution in [1.82, 2.24) is 30.6 Å². The van der Waals surface area contributed by atoms with Crippen LogP contribution in [0.25, 0.3) is 33.5 Å². The summed E-state index contributed by atoms with van der Waals surface area (Å²) in [4.78, 5) is 9.23. The van der Waals surface area contributed by atoms with Crippen molar-refractivity contribution in [3.05, 3.63) is 83.7 Å². The van der Waals surface area contributed by atoms with E-state index in [1.165, 1.54) is 0 Å². The van der Waals surface area contributed by atoms with Crippen LogP contribution in [0.1, 0.15) is 23.7 Å². The fraction of sp³-hybridized carbons (Fsp3) is 0.160. The van der Waals surface area contributed by atoms with Gasteiger partial charge in [0.1, 0.15) is 17.9 Å². The van der Waals surface area contributed by atoms with Crippen molar-refractivity contribution in [1.29, 1.82) is 0 Å². The average molecular weight is 459 g/mol. The first-order valence-electron chi connectivity index (χ1n) is 10.5. The molecule has 8 heteroatoms. The molecule has 33 heavy (non-hydrogen) atoms. The fourth-order valence-corrected chi connectivity index (χ4v) is 3.71. The number of hydrogen-bond acceptors (Lipinski definition) is 6. The number of halogens is 1. The minimum atomic E-state index is 0. The zero-order valence-electron chi connectivity index (χ0n) is 18.3. The number of fused-ring (bicyclic) bond motifs is 1. The van der Waals surface area contributed by atoms with Gasteiger partial charge in [0.25, 0.3) is 0 Å². The number of hydrogen-bond donors (Lipinski definition) is 1. The van der Waals surface area contributed by atoms with E-state index in [1.807, 2.05) is 37.3 Å². The number of H-pyrrole nitrogens is 1. The first kappa shape index (κ1) is 22.4. The van der Waals surface area contributed by atoms with Gasteiger partial charge in [-0.2, -0.15) is 5.21 Å². The summed E-state index contributed by atoms with van der Waals surface area (Å²) in [6, 6.07) is 20.3. The minimum Gasteiger partial charge on any atom is -0.486 e. The van der Waals surface area contributed by atoms with Crippen molar-refractivity contribution in [3.63, 3.8) is 0 Å². The molecule has 0 amide bonds. The van der Waals surface area contributed by atoms with Crippen molar-refractivity contribution in [2.75, 3.05) is 0 Å². The van der Waals surface area contributed by atoms with E-state index in [2.05, 4.69) is 62.9 Å². The molecule has 0 bridgehead atoms. The summed E-state index contributed by atoms with van der Waals surface area (Å²) in [5.41, 5.74) is 7.92. The molecular weight excluding hydrogens is 436 g/mol. The van der Waals surface area contributed by atoms with Gasteiger partial charge in [0.2, 0.25) is 5.82 Å². The number of nitrogens with zero attached hydrogens (tertiary/aromatic N) is 5. The van der Waals surface area contributed by atoms with Crippen LogP contribution in [0.4, 0.5) is 0 Å². The summed E-state index contributed by atoms with van der Waals surface area (Å²) in [5, 5.41) is 14.4. The van der Waals surface area contributed by atoms with Crippen LogP contribution in [0.5, 0.6) is 5.75 Å². The number of pyridine rings is 2. The van der Waals surface area contributed by atoms with Crippen LogP contribution in [0.15, 0.2) is 66.9 Å². The van der Waals surface area contributed by atoms with Crippen LogP contribution in [-0.4, -0.2) is 30.6 Å². The Morgan fingerprint density at radius 2 is 1.73 bits per heavy atom. The molecular formula is C25H23ClN6O. The molecule has 5 rings (SSSR count). The number of benzene rings is 2. The lowest BCUT2D eigenvalue weighted by atomic mass is 9.98. The van der Waals surface area contributed by atoms with E-state index in [0.29, 0.717) is 12.4 Å². The molecule has 166 valence electrons. The van der Waals surface area contributed by atoms with Crippen molar-refractivity contribution < 1.29 is 4.74 Å². The van der Waals surface area contributed by atoms with Gasteiger partial charge in [-0.25, -0.2) is 0 Å². The normalized spacial score (nSPS) is 10.7. The first-order valence-corrected chi connectivity index (χ1v) is 10.5. The molecule has 0 radical (unpaired) electrons. The second-order valence-corrected chi connectivity index (χ2v) is 7.56. The monoisotopic (exact) mass is 458 g/mol. The molecule has 0 aliphatic heterocycles. The Hall–Kier alpha value is -3.84. The SMILES string of the molecule is CCc1cc(OCc2ccc(-c3ccccc3-c3nn[nH]n3)cc2)c2nccc(C)c2n1.Cl. The van der Waals surface area contributed by atoms with E-state index >= 15 is 0 Å². The number of ether oxygens (including phenoxy) is 1. The molecule has 3 aromatic heterocycles. The Balaban J connectivity index is 0.00000259. The maximum absolute atomic E-state index is 6.20. The predicted octanol–water partition coefficient (Wildman–Crippen LogP) is 5.35. The number of tetrazole rings is 1. The minimum absolute atomic E-state index is 0. The van der Waals surface area contributed by atoms with Crippen molar-refractivity contribution >= 4 is 23.4 Å². The Kier molecular flexibility index (Phi) is 6.60. The number of aromatic amines is 1. The quantitative estimate of drug-likeness (QED) is 0.369. The summed E-state index contributed by atoms with van der Waals surface area (Å²) in [6.45, 7) is 4.59. The van der Waals surface area contributed by atoms with Crippen LogP contribution < -0.4 is 4.74 Å². The third kappa shape index (κ3) is 4.54. The number of rotatable bonds is 6. The third-order valence-electron chi connectivity index (χ3n) is 5.45. The van der Waals surface area contributed by atoms with E-state index in [-0.39, 0.29) is 12.4 Å². The van der Waals surface area contributed by atoms with E-state index in [1.54, 1.807) is 6.20 Å². The summed E-state index contributed by atoms with van der Waals surface area (Å²) < 4.78 is 6.20. The van der Waals surface area contributed by atoms with Gasteiger partial charge < -0.3 is 4.74 Å². The largest absolute Gasteiger partial charge is 0.486 e.